The second-order valence-electron chi connectivity index (χ2n) is 4.13. The Balaban J connectivity index is 2.43. The number of hydrogen-bond acceptors (Lipinski definition) is 3. The molecule has 1 atom stereocenters. The molecule has 0 saturated heterocycles. The monoisotopic (exact) mass is 300 g/mol. The van der Waals surface area contributed by atoms with E-state index in [9.17, 15) is 14.0 Å². The van der Waals surface area contributed by atoms with Crippen LogP contribution in [0.1, 0.15) is 12.0 Å². The minimum atomic E-state index is -1.07. The molecule has 0 heterocycles. The van der Waals surface area contributed by atoms with Gasteiger partial charge in [0.05, 0.1) is 0 Å². The number of rotatable bonds is 7. The number of amides is 2. The van der Waals surface area contributed by atoms with Gasteiger partial charge in [0.1, 0.15) is 11.9 Å². The molecule has 0 fully saturated rings. The standard InChI is InChI=1S/C13H17FN2O3S/c1-20-6-5-11(12(17)18)16-13(19)15-8-9-3-2-4-10(14)7-9/h2-4,7,11H,5-6,8H2,1H3,(H,17,18)(H2,15,16,19)/t11-/m0/s1. The Kier molecular flexibility index (Phi) is 6.86. The number of carboxylic acid groups (broad SMARTS) is 1. The van der Waals surface area contributed by atoms with Crippen molar-refractivity contribution >= 4 is 23.8 Å². The van der Waals surface area contributed by atoms with E-state index in [0.717, 1.165) is 0 Å². The first kappa shape index (κ1) is 16.3. The van der Waals surface area contributed by atoms with Crippen LogP contribution in [0.2, 0.25) is 0 Å². The van der Waals surface area contributed by atoms with E-state index in [1.54, 1.807) is 12.1 Å². The summed E-state index contributed by atoms with van der Waals surface area (Å²) in [6.07, 6.45) is 2.22. The molecule has 0 aromatic heterocycles. The molecule has 7 heteroatoms. The Morgan fingerprint density at radius 1 is 1.45 bits per heavy atom. The van der Waals surface area contributed by atoms with Crippen molar-refractivity contribution in [2.75, 3.05) is 12.0 Å². The van der Waals surface area contributed by atoms with Crippen LogP contribution in [0, 0.1) is 5.82 Å². The van der Waals surface area contributed by atoms with Crippen molar-refractivity contribution in [3.63, 3.8) is 0 Å². The molecule has 0 aliphatic rings. The van der Waals surface area contributed by atoms with Gasteiger partial charge in [0.25, 0.3) is 0 Å². The SMILES string of the molecule is CSCC[C@H](NC(=O)NCc1cccc(F)c1)C(=O)O. The number of carboxylic acids is 1. The van der Waals surface area contributed by atoms with Gasteiger partial charge in [-0.05, 0) is 36.1 Å². The molecule has 3 N–H and O–H groups in total. The normalized spacial score (nSPS) is 11.7. The van der Waals surface area contributed by atoms with Gasteiger partial charge in [-0.1, -0.05) is 12.1 Å². The van der Waals surface area contributed by atoms with Crippen LogP contribution in [-0.4, -0.2) is 35.2 Å². The van der Waals surface area contributed by atoms with Crippen LogP contribution < -0.4 is 10.6 Å². The molecule has 5 nitrogen and oxygen atoms in total. The zero-order chi connectivity index (χ0) is 15.0. The first-order chi connectivity index (χ1) is 9.52. The number of hydrogen-bond donors (Lipinski definition) is 3. The summed E-state index contributed by atoms with van der Waals surface area (Å²) in [7, 11) is 0. The van der Waals surface area contributed by atoms with Gasteiger partial charge in [-0.25, -0.2) is 14.0 Å². The molecule has 0 aliphatic heterocycles. The highest BCUT2D eigenvalue weighted by molar-refractivity contribution is 7.98. The number of nitrogens with one attached hydrogen (secondary N) is 2. The van der Waals surface area contributed by atoms with Crippen LogP contribution in [0.3, 0.4) is 0 Å². The summed E-state index contributed by atoms with van der Waals surface area (Å²) < 4.78 is 12.9. The lowest BCUT2D eigenvalue weighted by molar-refractivity contribution is -0.139. The maximum Gasteiger partial charge on any atom is 0.326 e. The summed E-state index contributed by atoms with van der Waals surface area (Å²) in [5.41, 5.74) is 0.608. The van der Waals surface area contributed by atoms with Crippen LogP contribution >= 0.6 is 11.8 Å². The summed E-state index contributed by atoms with van der Waals surface area (Å²) in [6, 6.07) is 4.33. The van der Waals surface area contributed by atoms with E-state index in [-0.39, 0.29) is 12.4 Å². The smallest absolute Gasteiger partial charge is 0.326 e. The van der Waals surface area contributed by atoms with Crippen molar-refractivity contribution < 1.29 is 19.1 Å². The van der Waals surface area contributed by atoms with Crippen molar-refractivity contribution in [2.24, 2.45) is 0 Å². The van der Waals surface area contributed by atoms with Gasteiger partial charge in [-0.2, -0.15) is 11.8 Å². The van der Waals surface area contributed by atoms with E-state index in [1.165, 1.54) is 23.9 Å². The molecule has 20 heavy (non-hydrogen) atoms. The Morgan fingerprint density at radius 3 is 2.80 bits per heavy atom. The summed E-state index contributed by atoms with van der Waals surface area (Å²) in [6.45, 7) is 0.137. The average Bonchev–Trinajstić information content (AvgIpc) is 2.41. The Morgan fingerprint density at radius 2 is 2.20 bits per heavy atom. The molecule has 110 valence electrons. The number of halogens is 1. The highest BCUT2D eigenvalue weighted by Gasteiger charge is 2.18. The molecule has 1 aromatic carbocycles. The summed E-state index contributed by atoms with van der Waals surface area (Å²) in [4.78, 5) is 22.6. The third-order valence-electron chi connectivity index (χ3n) is 2.56. The predicted octanol–water partition coefficient (Wildman–Crippen LogP) is 1.83. The summed E-state index contributed by atoms with van der Waals surface area (Å²) in [5, 5.41) is 13.8. The zero-order valence-corrected chi connectivity index (χ0v) is 11.9. The first-order valence-corrected chi connectivity index (χ1v) is 7.43. The fourth-order valence-corrected chi connectivity index (χ4v) is 2.00. The lowest BCUT2D eigenvalue weighted by Crippen LogP contribution is -2.46. The van der Waals surface area contributed by atoms with Crippen LogP contribution in [-0.2, 0) is 11.3 Å². The maximum atomic E-state index is 12.9. The Hall–Kier alpha value is -1.76. The van der Waals surface area contributed by atoms with Crippen molar-refractivity contribution in [2.45, 2.75) is 19.0 Å². The molecule has 0 unspecified atom stereocenters. The number of carbonyl (C=O) groups excluding carboxylic acids is 1. The van der Waals surface area contributed by atoms with E-state index in [4.69, 9.17) is 5.11 Å². The molecule has 0 spiro atoms. The Bertz CT molecular complexity index is 471. The quantitative estimate of drug-likeness (QED) is 0.718. The zero-order valence-electron chi connectivity index (χ0n) is 11.1. The minimum Gasteiger partial charge on any atom is -0.480 e. The highest BCUT2D eigenvalue weighted by atomic mass is 32.2. The first-order valence-electron chi connectivity index (χ1n) is 6.03. The second-order valence-corrected chi connectivity index (χ2v) is 5.11. The van der Waals surface area contributed by atoms with Gasteiger partial charge in [0.2, 0.25) is 0 Å². The van der Waals surface area contributed by atoms with Gasteiger partial charge in [0.15, 0.2) is 0 Å². The highest BCUT2D eigenvalue weighted by Crippen LogP contribution is 2.03. The largest absolute Gasteiger partial charge is 0.480 e. The van der Waals surface area contributed by atoms with E-state index in [2.05, 4.69) is 10.6 Å². The Labute approximate surface area is 120 Å². The number of thioether (sulfide) groups is 1. The number of aliphatic carboxylic acids is 1. The van der Waals surface area contributed by atoms with E-state index in [0.29, 0.717) is 17.7 Å². The van der Waals surface area contributed by atoms with Crippen molar-refractivity contribution in [3.8, 4) is 0 Å². The third kappa shape index (κ3) is 5.92. The molecule has 2 amide bonds. The molecule has 0 radical (unpaired) electrons. The molecular weight excluding hydrogens is 283 g/mol. The lowest BCUT2D eigenvalue weighted by Gasteiger charge is -2.14. The van der Waals surface area contributed by atoms with Crippen molar-refractivity contribution in [3.05, 3.63) is 35.6 Å². The van der Waals surface area contributed by atoms with E-state index in [1.807, 2.05) is 6.26 Å². The average molecular weight is 300 g/mol. The van der Waals surface area contributed by atoms with Crippen molar-refractivity contribution in [1.29, 1.82) is 0 Å². The van der Waals surface area contributed by atoms with Gasteiger partial charge < -0.3 is 15.7 Å². The molecule has 1 aromatic rings. The third-order valence-corrected chi connectivity index (χ3v) is 3.20. The molecule has 0 bridgehead atoms. The summed E-state index contributed by atoms with van der Waals surface area (Å²) in [5.74, 6) is -0.811. The van der Waals surface area contributed by atoms with Gasteiger partial charge in [-0.15, -0.1) is 0 Å². The second kappa shape index (κ2) is 8.42. The minimum absolute atomic E-state index is 0.137. The van der Waals surface area contributed by atoms with Crippen molar-refractivity contribution in [1.82, 2.24) is 10.6 Å². The van der Waals surface area contributed by atoms with Gasteiger partial charge in [-0.3, -0.25) is 0 Å². The van der Waals surface area contributed by atoms with Gasteiger partial charge >= 0.3 is 12.0 Å². The molecule has 1 rings (SSSR count). The number of urea groups is 1. The molecule has 0 aliphatic carbocycles. The number of benzene rings is 1. The van der Waals surface area contributed by atoms with E-state index < -0.39 is 18.0 Å². The fourth-order valence-electron chi connectivity index (χ4n) is 1.53. The van der Waals surface area contributed by atoms with E-state index >= 15 is 0 Å². The van der Waals surface area contributed by atoms with Crippen LogP contribution in [0.4, 0.5) is 9.18 Å². The summed E-state index contributed by atoms with van der Waals surface area (Å²) >= 11 is 1.51. The van der Waals surface area contributed by atoms with Crippen LogP contribution in [0.15, 0.2) is 24.3 Å². The van der Waals surface area contributed by atoms with Crippen LogP contribution in [0.5, 0.6) is 0 Å². The maximum absolute atomic E-state index is 12.9. The van der Waals surface area contributed by atoms with Crippen LogP contribution in [0.25, 0.3) is 0 Å². The number of carbonyl (C=O) groups is 2. The lowest BCUT2D eigenvalue weighted by atomic mass is 10.2. The molecule has 0 saturated carbocycles. The predicted molar refractivity (Wildman–Crippen MR) is 76.2 cm³/mol. The molecular formula is C13H17FN2O3S. The fraction of sp³-hybridized carbons (Fsp3) is 0.385. The van der Waals surface area contributed by atoms with Gasteiger partial charge in [0, 0.05) is 6.54 Å². The topological polar surface area (TPSA) is 78.4 Å².